The maximum Gasteiger partial charge on any atom is 0.248 e. The summed E-state index contributed by atoms with van der Waals surface area (Å²) in [6.07, 6.45) is 6.66. The second-order valence-electron chi connectivity index (χ2n) is 12.7. The van der Waals surface area contributed by atoms with Crippen molar-refractivity contribution in [2.24, 2.45) is 5.41 Å². The maximum absolute atomic E-state index is 14.0. The number of amides is 2. The lowest BCUT2D eigenvalue weighted by atomic mass is 9.85. The van der Waals surface area contributed by atoms with E-state index in [9.17, 15) is 14.7 Å². The highest BCUT2D eigenvalue weighted by Gasteiger charge is 2.45. The highest BCUT2D eigenvalue weighted by Crippen LogP contribution is 2.40. The summed E-state index contributed by atoms with van der Waals surface area (Å²) in [5.41, 5.74) is 4.53. The molecule has 2 fully saturated rings. The van der Waals surface area contributed by atoms with E-state index in [4.69, 9.17) is 0 Å². The van der Waals surface area contributed by atoms with Crippen molar-refractivity contribution in [3.63, 3.8) is 0 Å². The third-order valence-electron chi connectivity index (χ3n) is 8.25. The Balaban J connectivity index is 1.16. The first-order valence-electron chi connectivity index (χ1n) is 14.8. The van der Waals surface area contributed by atoms with Gasteiger partial charge < -0.3 is 15.3 Å². The molecule has 2 aromatic carbocycles. The molecule has 1 aliphatic carbocycles. The second-order valence-corrected chi connectivity index (χ2v) is 12.7. The smallest absolute Gasteiger partial charge is 0.248 e. The third kappa shape index (κ3) is 6.36. The summed E-state index contributed by atoms with van der Waals surface area (Å²) in [7, 11) is 0. The highest BCUT2D eigenvalue weighted by molar-refractivity contribution is 5.90. The number of aliphatic hydroxyl groups excluding tert-OH is 1. The SMILES string of the molecule is CC(C)(C)[C@@H](C(=O)N1C[C@H](O)C[C@H]1C(=O)NCc1ccccc1-c1ccc(Cn2cncn2)cc1)n1cc(C2CC2)nn1. The molecular weight excluding hydrogens is 544 g/mol. The second kappa shape index (κ2) is 11.7. The van der Waals surface area contributed by atoms with E-state index in [1.54, 1.807) is 15.7 Å². The minimum Gasteiger partial charge on any atom is -0.391 e. The Morgan fingerprint density at radius 2 is 1.86 bits per heavy atom. The Morgan fingerprint density at radius 3 is 2.56 bits per heavy atom. The molecule has 0 spiro atoms. The molecule has 2 amide bonds. The number of likely N-dealkylation sites (tertiary alicyclic amines) is 1. The highest BCUT2D eigenvalue weighted by atomic mass is 16.3. The lowest BCUT2D eigenvalue weighted by molar-refractivity contribution is -0.144. The van der Waals surface area contributed by atoms with Gasteiger partial charge in [0.15, 0.2) is 0 Å². The summed E-state index contributed by atoms with van der Waals surface area (Å²) < 4.78 is 3.41. The normalized spacial score (nSPS) is 19.4. The number of nitrogens with one attached hydrogen (secondary N) is 1. The van der Waals surface area contributed by atoms with Crippen molar-refractivity contribution in [2.45, 2.75) is 77.2 Å². The number of carbonyl (C=O) groups excluding carboxylic acids is 2. The van der Waals surface area contributed by atoms with Crippen LogP contribution in [0, 0.1) is 5.41 Å². The zero-order valence-corrected chi connectivity index (χ0v) is 24.8. The van der Waals surface area contributed by atoms with Crippen LogP contribution in [0.1, 0.15) is 68.8 Å². The molecule has 1 saturated carbocycles. The van der Waals surface area contributed by atoms with Gasteiger partial charge in [0.1, 0.15) is 24.7 Å². The van der Waals surface area contributed by atoms with Gasteiger partial charge in [-0.15, -0.1) is 5.10 Å². The topological polar surface area (TPSA) is 131 Å². The van der Waals surface area contributed by atoms with Gasteiger partial charge in [0.05, 0.1) is 18.3 Å². The van der Waals surface area contributed by atoms with Crippen molar-refractivity contribution in [3.8, 4) is 11.1 Å². The molecule has 11 heteroatoms. The number of β-amino-alcohol motifs (C(OH)–C–C–N with tert-alkyl or cyclic N) is 1. The molecule has 3 atom stereocenters. The summed E-state index contributed by atoms with van der Waals surface area (Å²) in [6, 6.07) is 14.8. The van der Waals surface area contributed by atoms with E-state index in [1.807, 2.05) is 51.2 Å². The average Bonchev–Trinajstić information content (AvgIpc) is 3.31. The van der Waals surface area contributed by atoms with Crippen LogP contribution in [0.3, 0.4) is 0 Å². The maximum atomic E-state index is 14.0. The van der Waals surface area contributed by atoms with Crippen LogP contribution in [-0.4, -0.2) is 70.3 Å². The van der Waals surface area contributed by atoms with E-state index in [-0.39, 0.29) is 24.8 Å². The molecular formula is C32H38N8O3. The molecule has 0 unspecified atom stereocenters. The van der Waals surface area contributed by atoms with Crippen LogP contribution < -0.4 is 5.32 Å². The van der Waals surface area contributed by atoms with Gasteiger partial charge in [0, 0.05) is 31.6 Å². The van der Waals surface area contributed by atoms with Crippen molar-refractivity contribution < 1.29 is 14.7 Å². The quantitative estimate of drug-likeness (QED) is 0.310. The van der Waals surface area contributed by atoms with Crippen molar-refractivity contribution in [1.29, 1.82) is 0 Å². The van der Waals surface area contributed by atoms with Crippen LogP contribution in [-0.2, 0) is 22.7 Å². The molecule has 4 aromatic rings. The first kappa shape index (κ1) is 28.7. The van der Waals surface area contributed by atoms with Crippen molar-refractivity contribution in [2.75, 3.05) is 6.54 Å². The van der Waals surface area contributed by atoms with Gasteiger partial charge >= 0.3 is 0 Å². The van der Waals surface area contributed by atoms with Gasteiger partial charge in [-0.1, -0.05) is 74.5 Å². The van der Waals surface area contributed by atoms with E-state index in [0.29, 0.717) is 19.0 Å². The predicted molar refractivity (Wildman–Crippen MR) is 159 cm³/mol. The predicted octanol–water partition coefficient (Wildman–Crippen LogP) is 3.33. The van der Waals surface area contributed by atoms with Gasteiger partial charge in [0.25, 0.3) is 0 Å². The minimum atomic E-state index is -0.776. The summed E-state index contributed by atoms with van der Waals surface area (Å²) >= 11 is 0. The molecule has 3 heterocycles. The fraction of sp³-hybridized carbons (Fsp3) is 0.438. The van der Waals surface area contributed by atoms with E-state index < -0.39 is 23.6 Å². The molecule has 2 aliphatic rings. The monoisotopic (exact) mass is 582 g/mol. The lowest BCUT2D eigenvalue weighted by Crippen LogP contribution is -2.50. The fourth-order valence-electron chi connectivity index (χ4n) is 5.87. The van der Waals surface area contributed by atoms with E-state index >= 15 is 0 Å². The van der Waals surface area contributed by atoms with Crippen LogP contribution in [0.25, 0.3) is 11.1 Å². The molecule has 6 rings (SSSR count). The van der Waals surface area contributed by atoms with Crippen LogP contribution in [0.2, 0.25) is 0 Å². The van der Waals surface area contributed by atoms with Crippen LogP contribution in [0.15, 0.2) is 67.4 Å². The summed E-state index contributed by atoms with van der Waals surface area (Å²) in [6.45, 7) is 6.97. The summed E-state index contributed by atoms with van der Waals surface area (Å²) in [4.78, 5) is 33.1. The molecule has 1 aliphatic heterocycles. The largest absolute Gasteiger partial charge is 0.391 e. The average molecular weight is 583 g/mol. The first-order chi connectivity index (χ1) is 20.7. The number of aliphatic hydroxyl groups is 1. The van der Waals surface area contributed by atoms with Gasteiger partial charge in [-0.05, 0) is 40.5 Å². The van der Waals surface area contributed by atoms with Crippen LogP contribution >= 0.6 is 0 Å². The lowest BCUT2D eigenvalue weighted by Gasteiger charge is -2.34. The molecule has 0 bridgehead atoms. The van der Waals surface area contributed by atoms with E-state index in [2.05, 4.69) is 50.0 Å². The third-order valence-corrected chi connectivity index (χ3v) is 8.25. The number of hydrogen-bond donors (Lipinski definition) is 2. The van der Waals surface area contributed by atoms with Crippen molar-refractivity contribution in [1.82, 2.24) is 40.0 Å². The molecule has 0 radical (unpaired) electrons. The molecule has 224 valence electrons. The number of nitrogens with zero attached hydrogens (tertiary/aromatic N) is 7. The Morgan fingerprint density at radius 1 is 1.09 bits per heavy atom. The first-order valence-corrected chi connectivity index (χ1v) is 14.8. The molecule has 2 aromatic heterocycles. The van der Waals surface area contributed by atoms with Crippen molar-refractivity contribution in [3.05, 3.63) is 84.2 Å². The summed E-state index contributed by atoms with van der Waals surface area (Å²) in [5, 5.41) is 26.4. The number of carbonyl (C=O) groups is 2. The summed E-state index contributed by atoms with van der Waals surface area (Å²) in [5.74, 6) is -0.104. The van der Waals surface area contributed by atoms with E-state index in [0.717, 1.165) is 40.8 Å². The molecule has 43 heavy (non-hydrogen) atoms. The molecule has 2 N–H and O–H groups in total. The Hall–Kier alpha value is -4.38. The zero-order chi connectivity index (χ0) is 30.1. The standard InChI is InChI=1S/C32H38N8O3/c1-32(2,3)29(40-18-27(36-37-40)23-12-13-23)31(43)39-17-25(41)14-28(39)30(42)34-15-24-6-4-5-7-26(24)22-10-8-21(9-11-22)16-38-20-33-19-35-38/h4-11,18-20,23,25,28-29,41H,12-17H2,1-3H3,(H,34,42)/t25-,28+,29-/m1/s1. The minimum absolute atomic E-state index is 0.102. The Kier molecular flexibility index (Phi) is 7.83. The van der Waals surface area contributed by atoms with Gasteiger partial charge in [-0.25, -0.2) is 14.3 Å². The van der Waals surface area contributed by atoms with Gasteiger partial charge in [-0.3, -0.25) is 9.59 Å². The number of rotatable bonds is 9. The van der Waals surface area contributed by atoms with Crippen LogP contribution in [0.5, 0.6) is 0 Å². The van der Waals surface area contributed by atoms with Gasteiger partial charge in [0.2, 0.25) is 11.8 Å². The zero-order valence-electron chi connectivity index (χ0n) is 24.8. The number of aromatic nitrogens is 6. The van der Waals surface area contributed by atoms with Gasteiger partial charge in [-0.2, -0.15) is 5.10 Å². The fourth-order valence-corrected chi connectivity index (χ4v) is 5.87. The van der Waals surface area contributed by atoms with Crippen LogP contribution in [0.4, 0.5) is 0 Å². The Bertz CT molecular complexity index is 1570. The number of hydrogen-bond acceptors (Lipinski definition) is 7. The number of benzene rings is 2. The molecule has 11 nitrogen and oxygen atoms in total. The molecule has 1 saturated heterocycles. The van der Waals surface area contributed by atoms with Crippen molar-refractivity contribution >= 4 is 11.8 Å². The Labute approximate surface area is 250 Å². The van der Waals surface area contributed by atoms with E-state index in [1.165, 1.54) is 11.2 Å².